The van der Waals surface area contributed by atoms with Gasteiger partial charge in [-0.25, -0.2) is 4.98 Å². The van der Waals surface area contributed by atoms with Crippen LogP contribution in [-0.2, 0) is 24.1 Å². The summed E-state index contributed by atoms with van der Waals surface area (Å²) >= 11 is 1.50. The Morgan fingerprint density at radius 2 is 1.96 bits per heavy atom. The lowest BCUT2D eigenvalue weighted by Gasteiger charge is -2.07. The summed E-state index contributed by atoms with van der Waals surface area (Å²) in [4.78, 5) is 17.5. The number of aryl methyl sites for hydroxylation is 2. The molecule has 0 saturated heterocycles. The van der Waals surface area contributed by atoms with E-state index in [1.807, 2.05) is 30.5 Å². The summed E-state index contributed by atoms with van der Waals surface area (Å²) in [6.45, 7) is -0.00755. The zero-order valence-electron chi connectivity index (χ0n) is 14.4. The van der Waals surface area contributed by atoms with Gasteiger partial charge in [0.05, 0.1) is 0 Å². The molecule has 0 aliphatic heterocycles. The minimum absolute atomic E-state index is 0.00755. The third-order valence-electron chi connectivity index (χ3n) is 4.46. The van der Waals surface area contributed by atoms with Gasteiger partial charge in [0.2, 0.25) is 0 Å². The number of rotatable bonds is 6. The highest BCUT2D eigenvalue weighted by Gasteiger charge is 2.12. The molecule has 4 nitrogen and oxygen atoms in total. The van der Waals surface area contributed by atoms with E-state index in [1.165, 1.54) is 34.4 Å². The van der Waals surface area contributed by atoms with Gasteiger partial charge >= 0.3 is 0 Å². The molecule has 1 N–H and O–H groups in total. The second kappa shape index (κ2) is 7.70. The molecule has 0 saturated carbocycles. The fourth-order valence-corrected chi connectivity index (χ4v) is 4.05. The largest absolute Gasteiger partial charge is 0.484 e. The van der Waals surface area contributed by atoms with E-state index >= 15 is 0 Å². The zero-order chi connectivity index (χ0) is 17.8. The van der Waals surface area contributed by atoms with Crippen molar-refractivity contribution >= 4 is 22.4 Å². The highest BCUT2D eigenvalue weighted by Crippen LogP contribution is 2.26. The summed E-state index contributed by atoms with van der Waals surface area (Å²) in [5, 5.41) is 3.42. The van der Waals surface area contributed by atoms with Crippen LogP contribution in [0.4, 0.5) is 5.13 Å². The van der Waals surface area contributed by atoms with E-state index in [0.717, 1.165) is 29.9 Å². The maximum absolute atomic E-state index is 12.1. The highest BCUT2D eigenvalue weighted by molar-refractivity contribution is 7.15. The number of fused-ring (bicyclic) bond motifs is 1. The molecule has 0 spiro atoms. The predicted molar refractivity (Wildman–Crippen MR) is 104 cm³/mol. The molecular weight excluding hydrogens is 344 g/mol. The molecule has 26 heavy (non-hydrogen) atoms. The number of amides is 1. The van der Waals surface area contributed by atoms with E-state index in [1.54, 1.807) is 0 Å². The van der Waals surface area contributed by atoms with Gasteiger partial charge in [-0.05, 0) is 48.1 Å². The second-order valence-corrected chi connectivity index (χ2v) is 7.53. The van der Waals surface area contributed by atoms with Crippen LogP contribution in [0.15, 0.2) is 54.7 Å². The van der Waals surface area contributed by atoms with Crippen molar-refractivity contribution in [2.24, 2.45) is 0 Å². The molecule has 0 bridgehead atoms. The molecule has 0 atom stereocenters. The number of nitrogens with one attached hydrogen (secondary N) is 1. The Morgan fingerprint density at radius 1 is 1.12 bits per heavy atom. The number of hydrogen-bond donors (Lipinski definition) is 1. The van der Waals surface area contributed by atoms with Crippen molar-refractivity contribution in [3.05, 3.63) is 76.3 Å². The first kappa shape index (κ1) is 16.8. The van der Waals surface area contributed by atoms with Crippen LogP contribution < -0.4 is 10.1 Å². The standard InChI is InChI=1S/C21H20N2O2S/c24-20(14-25-18-10-9-16-7-4-8-17(16)12-18)23-21-22-13-19(26-21)11-15-5-2-1-3-6-15/h1-3,5-6,9-10,12-13H,4,7-8,11,14H2,(H,22,23,24). The predicted octanol–water partition coefficient (Wildman–Crippen LogP) is 4.24. The Morgan fingerprint density at radius 3 is 2.85 bits per heavy atom. The van der Waals surface area contributed by atoms with Gasteiger partial charge in [0, 0.05) is 17.5 Å². The molecule has 4 rings (SSSR count). The van der Waals surface area contributed by atoms with Crippen LogP contribution >= 0.6 is 11.3 Å². The quantitative estimate of drug-likeness (QED) is 0.712. The Labute approximate surface area is 156 Å². The third kappa shape index (κ3) is 4.11. The van der Waals surface area contributed by atoms with Gasteiger partial charge in [-0.1, -0.05) is 36.4 Å². The molecule has 132 valence electrons. The van der Waals surface area contributed by atoms with Gasteiger partial charge in [0.25, 0.3) is 5.91 Å². The molecule has 0 unspecified atom stereocenters. The van der Waals surface area contributed by atoms with Crippen molar-refractivity contribution in [3.8, 4) is 5.75 Å². The first-order valence-corrected chi connectivity index (χ1v) is 9.61. The topological polar surface area (TPSA) is 51.2 Å². The van der Waals surface area contributed by atoms with Crippen LogP contribution in [0.1, 0.15) is 28.0 Å². The fraction of sp³-hybridized carbons (Fsp3) is 0.238. The van der Waals surface area contributed by atoms with E-state index in [2.05, 4.69) is 34.6 Å². The lowest BCUT2D eigenvalue weighted by Crippen LogP contribution is -2.20. The Balaban J connectivity index is 1.29. The lowest BCUT2D eigenvalue weighted by atomic mass is 10.1. The number of anilines is 1. The van der Waals surface area contributed by atoms with Gasteiger partial charge in [0.1, 0.15) is 5.75 Å². The fourth-order valence-electron chi connectivity index (χ4n) is 3.19. The SMILES string of the molecule is O=C(COc1ccc2c(c1)CCC2)Nc1ncc(Cc2ccccc2)s1. The van der Waals surface area contributed by atoms with Crippen LogP contribution in [0, 0.1) is 0 Å². The number of hydrogen-bond acceptors (Lipinski definition) is 4. The van der Waals surface area contributed by atoms with E-state index in [0.29, 0.717) is 5.13 Å². The Bertz CT molecular complexity index is 905. The van der Waals surface area contributed by atoms with Gasteiger partial charge < -0.3 is 4.74 Å². The smallest absolute Gasteiger partial charge is 0.264 e. The molecule has 1 amide bonds. The molecule has 2 aromatic carbocycles. The summed E-state index contributed by atoms with van der Waals surface area (Å²) < 4.78 is 5.63. The van der Waals surface area contributed by atoms with E-state index in [4.69, 9.17) is 4.74 Å². The van der Waals surface area contributed by atoms with E-state index < -0.39 is 0 Å². The Kier molecular flexibility index (Phi) is 4.97. The first-order valence-electron chi connectivity index (χ1n) is 8.79. The molecule has 5 heteroatoms. The summed E-state index contributed by atoms with van der Waals surface area (Å²) in [6.07, 6.45) is 6.08. The van der Waals surface area contributed by atoms with Gasteiger partial charge in [-0.2, -0.15) is 0 Å². The van der Waals surface area contributed by atoms with Crippen LogP contribution in [0.2, 0.25) is 0 Å². The van der Waals surface area contributed by atoms with Gasteiger partial charge in [-0.3, -0.25) is 10.1 Å². The van der Waals surface area contributed by atoms with Gasteiger partial charge in [-0.15, -0.1) is 11.3 Å². The normalized spacial score (nSPS) is 12.6. The number of carbonyl (C=O) groups excluding carboxylic acids is 1. The molecular formula is C21H20N2O2S. The zero-order valence-corrected chi connectivity index (χ0v) is 15.2. The van der Waals surface area contributed by atoms with Crippen molar-refractivity contribution in [3.63, 3.8) is 0 Å². The van der Waals surface area contributed by atoms with Crippen molar-refractivity contribution in [1.82, 2.24) is 4.98 Å². The summed E-state index contributed by atoms with van der Waals surface area (Å²) in [6, 6.07) is 16.3. The van der Waals surface area contributed by atoms with Crippen LogP contribution in [-0.4, -0.2) is 17.5 Å². The van der Waals surface area contributed by atoms with Crippen molar-refractivity contribution in [2.45, 2.75) is 25.7 Å². The number of benzene rings is 2. The summed E-state index contributed by atoms with van der Waals surface area (Å²) in [5.41, 5.74) is 3.97. The molecule has 0 fully saturated rings. The average Bonchev–Trinajstić information content (AvgIpc) is 3.29. The molecule has 1 aliphatic rings. The monoisotopic (exact) mass is 364 g/mol. The summed E-state index contributed by atoms with van der Waals surface area (Å²) in [5.74, 6) is 0.566. The first-order chi connectivity index (χ1) is 12.8. The molecule has 3 aromatic rings. The number of nitrogens with zero attached hydrogens (tertiary/aromatic N) is 1. The van der Waals surface area contributed by atoms with E-state index in [-0.39, 0.29) is 12.5 Å². The van der Waals surface area contributed by atoms with Gasteiger partial charge in [0.15, 0.2) is 11.7 Å². The molecule has 1 aromatic heterocycles. The third-order valence-corrected chi connectivity index (χ3v) is 5.37. The Hall–Kier alpha value is -2.66. The van der Waals surface area contributed by atoms with Crippen molar-refractivity contribution in [2.75, 3.05) is 11.9 Å². The molecule has 1 aliphatic carbocycles. The maximum Gasteiger partial charge on any atom is 0.264 e. The average molecular weight is 364 g/mol. The van der Waals surface area contributed by atoms with Crippen LogP contribution in [0.25, 0.3) is 0 Å². The van der Waals surface area contributed by atoms with E-state index in [9.17, 15) is 4.79 Å². The summed E-state index contributed by atoms with van der Waals surface area (Å²) in [7, 11) is 0. The molecule has 1 heterocycles. The second-order valence-electron chi connectivity index (χ2n) is 6.42. The number of ether oxygens (including phenoxy) is 1. The van der Waals surface area contributed by atoms with Crippen molar-refractivity contribution in [1.29, 1.82) is 0 Å². The highest BCUT2D eigenvalue weighted by atomic mass is 32.1. The van der Waals surface area contributed by atoms with Crippen molar-refractivity contribution < 1.29 is 9.53 Å². The minimum Gasteiger partial charge on any atom is -0.484 e. The van der Waals surface area contributed by atoms with Crippen LogP contribution in [0.5, 0.6) is 5.75 Å². The lowest BCUT2D eigenvalue weighted by molar-refractivity contribution is -0.118. The van der Waals surface area contributed by atoms with Crippen LogP contribution in [0.3, 0.4) is 0 Å². The molecule has 0 radical (unpaired) electrons. The number of carbonyl (C=O) groups is 1. The maximum atomic E-state index is 12.1. The number of thiazole rings is 1. The minimum atomic E-state index is -0.189. The number of aromatic nitrogens is 1.